The van der Waals surface area contributed by atoms with Crippen molar-refractivity contribution >= 4 is 15.6 Å². The molecule has 176 valence electrons. The Morgan fingerprint density at radius 3 is 2.58 bits per heavy atom. The van der Waals surface area contributed by atoms with Gasteiger partial charge in [0.25, 0.3) is 0 Å². The predicted molar refractivity (Wildman–Crippen MR) is 113 cm³/mol. The minimum atomic E-state index is -3.82. The first-order valence-electron chi connectivity index (χ1n) is 11.0. The quantitative estimate of drug-likeness (QED) is 0.556. The van der Waals surface area contributed by atoms with E-state index in [4.69, 9.17) is 14.0 Å². The second kappa shape index (κ2) is 9.27. The van der Waals surface area contributed by atoms with Crippen molar-refractivity contribution in [2.45, 2.75) is 101 Å². The zero-order valence-electron chi connectivity index (χ0n) is 18.9. The monoisotopic (exact) mass is 459 g/mol. The fraction of sp³-hybridized carbons (Fsp3) is 0.818. The second-order valence-electron chi connectivity index (χ2n) is 9.86. The molecule has 1 saturated heterocycles. The van der Waals surface area contributed by atoms with Gasteiger partial charge >= 0.3 is 0 Å². The third-order valence-electron chi connectivity index (χ3n) is 6.50. The third kappa shape index (κ3) is 5.37. The van der Waals surface area contributed by atoms with E-state index in [0.717, 1.165) is 19.3 Å². The van der Waals surface area contributed by atoms with Crippen LogP contribution in [0.3, 0.4) is 0 Å². The van der Waals surface area contributed by atoms with E-state index in [1.165, 1.54) is 13.8 Å². The van der Waals surface area contributed by atoms with Crippen LogP contribution < -0.4 is 0 Å². The molecule has 1 aromatic heterocycles. The van der Waals surface area contributed by atoms with Crippen LogP contribution in [0.1, 0.15) is 77.7 Å². The van der Waals surface area contributed by atoms with Crippen LogP contribution in [0, 0.1) is 0 Å². The Morgan fingerprint density at radius 1 is 1.23 bits per heavy atom. The van der Waals surface area contributed by atoms with Crippen molar-refractivity contribution in [3.05, 3.63) is 17.5 Å². The van der Waals surface area contributed by atoms with Crippen LogP contribution in [0.15, 0.2) is 10.6 Å². The van der Waals surface area contributed by atoms with Crippen LogP contribution in [0.5, 0.6) is 0 Å². The number of ether oxygens (including phenoxy) is 2. The maximum Gasteiger partial charge on any atom is 0.165 e. The molecule has 0 aromatic carbocycles. The summed E-state index contributed by atoms with van der Waals surface area (Å²) < 4.78 is 54.7. The maximum absolute atomic E-state index is 13.5. The number of carbonyl (C=O) groups is 1. The average Bonchev–Trinajstić information content (AvgIpc) is 3.37. The first-order chi connectivity index (χ1) is 14.4. The van der Waals surface area contributed by atoms with Gasteiger partial charge in [-0.05, 0) is 52.4 Å². The smallest absolute Gasteiger partial charge is 0.165 e. The van der Waals surface area contributed by atoms with Gasteiger partial charge in [-0.25, -0.2) is 12.8 Å². The van der Waals surface area contributed by atoms with Gasteiger partial charge in [0.2, 0.25) is 0 Å². The van der Waals surface area contributed by atoms with Crippen LogP contribution in [-0.4, -0.2) is 55.0 Å². The number of rotatable bonds is 9. The van der Waals surface area contributed by atoms with E-state index in [2.05, 4.69) is 5.16 Å². The van der Waals surface area contributed by atoms with Crippen molar-refractivity contribution < 1.29 is 31.6 Å². The van der Waals surface area contributed by atoms with E-state index < -0.39 is 37.2 Å². The van der Waals surface area contributed by atoms with Gasteiger partial charge < -0.3 is 14.0 Å². The molecule has 0 radical (unpaired) electrons. The summed E-state index contributed by atoms with van der Waals surface area (Å²) in [6, 6.07) is 1.68. The van der Waals surface area contributed by atoms with Gasteiger partial charge in [-0.1, -0.05) is 19.0 Å². The fourth-order valence-corrected chi connectivity index (χ4v) is 6.18. The first kappa shape index (κ1) is 24.3. The molecule has 7 nitrogen and oxygen atoms in total. The van der Waals surface area contributed by atoms with Crippen LogP contribution >= 0.6 is 0 Å². The Balaban J connectivity index is 1.63. The number of nitrogens with zero attached hydrogens (tertiary/aromatic N) is 1. The highest BCUT2D eigenvalue weighted by molar-refractivity contribution is 7.94. The molecule has 0 amide bonds. The second-order valence-corrected chi connectivity index (χ2v) is 12.6. The summed E-state index contributed by atoms with van der Waals surface area (Å²) >= 11 is 0. The summed E-state index contributed by atoms with van der Waals surface area (Å²) in [7, 11) is -3.82. The number of aromatic nitrogens is 1. The Bertz CT molecular complexity index is 872. The van der Waals surface area contributed by atoms with Gasteiger partial charge in [-0.3, -0.25) is 4.79 Å². The molecule has 1 aromatic rings. The number of sulfone groups is 1. The van der Waals surface area contributed by atoms with E-state index in [-0.39, 0.29) is 32.0 Å². The molecule has 2 unspecified atom stereocenters. The summed E-state index contributed by atoms with van der Waals surface area (Å²) in [5.41, 5.74) is 0.163. The molecule has 3 atom stereocenters. The first-order valence-corrected chi connectivity index (χ1v) is 12.6. The average molecular weight is 460 g/mol. The minimum Gasteiger partial charge on any atom is -0.361 e. The van der Waals surface area contributed by atoms with Gasteiger partial charge in [0.15, 0.2) is 21.9 Å². The molecule has 1 aliphatic heterocycles. The van der Waals surface area contributed by atoms with Crippen LogP contribution in [-0.2, 0) is 35.9 Å². The summed E-state index contributed by atoms with van der Waals surface area (Å²) in [5, 5.41) is 3.27. The van der Waals surface area contributed by atoms with E-state index >= 15 is 0 Å². The number of Topliss-reactive ketones (excluding diaryl/α,β-unsaturated/α-hetero) is 1. The summed E-state index contributed by atoms with van der Waals surface area (Å²) in [6.45, 7) is 7.80. The number of alkyl halides is 1. The Morgan fingerprint density at radius 2 is 1.97 bits per heavy atom. The Hall–Kier alpha value is -1.32. The van der Waals surface area contributed by atoms with Crippen molar-refractivity contribution in [1.29, 1.82) is 0 Å². The largest absolute Gasteiger partial charge is 0.361 e. The van der Waals surface area contributed by atoms with Crippen molar-refractivity contribution in [2.24, 2.45) is 0 Å². The highest BCUT2D eigenvalue weighted by Gasteiger charge is 2.48. The molecule has 3 rings (SSSR count). The summed E-state index contributed by atoms with van der Waals surface area (Å²) in [6.07, 6.45) is 1.91. The van der Waals surface area contributed by atoms with E-state index in [1.807, 2.05) is 13.8 Å². The van der Waals surface area contributed by atoms with Crippen LogP contribution in [0.4, 0.5) is 4.39 Å². The molecule has 0 bridgehead atoms. The highest BCUT2D eigenvalue weighted by atomic mass is 32.2. The number of hydrogen-bond donors (Lipinski definition) is 0. The zero-order valence-corrected chi connectivity index (χ0v) is 19.7. The molecule has 0 N–H and O–H groups in total. The number of halogens is 1. The van der Waals surface area contributed by atoms with Gasteiger partial charge in [0.05, 0.1) is 24.0 Å². The van der Waals surface area contributed by atoms with Gasteiger partial charge in [-0.15, -0.1) is 0 Å². The SMILES string of the molecule is CC(C)(COC1CCCCO1)c1cc(CC(=O)C(C)(C)S(=O)(=O)C2CC[C@@H](F)C2)on1. The van der Waals surface area contributed by atoms with E-state index in [1.54, 1.807) is 6.07 Å². The van der Waals surface area contributed by atoms with Gasteiger partial charge in [-0.2, -0.15) is 0 Å². The van der Waals surface area contributed by atoms with Crippen molar-refractivity contribution in [1.82, 2.24) is 5.16 Å². The molecular formula is C22H34FNO6S. The lowest BCUT2D eigenvalue weighted by Gasteiger charge is -2.28. The number of carbonyl (C=O) groups excluding carboxylic acids is 1. The molecule has 0 spiro atoms. The molecule has 1 aliphatic carbocycles. The lowest BCUT2D eigenvalue weighted by Crippen LogP contribution is -2.46. The standard InChI is InChI=1S/C22H34FNO6S/c1-21(2,14-29-20-7-5-6-10-28-20)18-12-16(30-24-18)13-19(25)22(3,4)31(26,27)17-9-8-15(23)11-17/h12,15,17,20H,5-11,13-14H2,1-4H3/t15-,17?,20?/m1/s1. The molecule has 31 heavy (non-hydrogen) atoms. The zero-order chi connectivity index (χ0) is 22.9. The Kier molecular flexibility index (Phi) is 7.28. The lowest BCUT2D eigenvalue weighted by molar-refractivity contribution is -0.170. The van der Waals surface area contributed by atoms with Crippen molar-refractivity contribution in [3.63, 3.8) is 0 Å². The summed E-state index contributed by atoms with van der Waals surface area (Å²) in [4.78, 5) is 12.9. The highest BCUT2D eigenvalue weighted by Crippen LogP contribution is 2.35. The van der Waals surface area contributed by atoms with E-state index in [0.29, 0.717) is 24.7 Å². The lowest BCUT2D eigenvalue weighted by atomic mass is 9.90. The van der Waals surface area contributed by atoms with Gasteiger partial charge in [0.1, 0.15) is 16.7 Å². The van der Waals surface area contributed by atoms with Crippen LogP contribution in [0.25, 0.3) is 0 Å². The van der Waals surface area contributed by atoms with Gasteiger partial charge in [0, 0.05) is 18.1 Å². The summed E-state index contributed by atoms with van der Waals surface area (Å²) in [5.74, 6) is -0.178. The maximum atomic E-state index is 13.5. The van der Waals surface area contributed by atoms with Crippen molar-refractivity contribution in [2.75, 3.05) is 13.2 Å². The van der Waals surface area contributed by atoms with E-state index in [9.17, 15) is 17.6 Å². The fourth-order valence-electron chi connectivity index (χ4n) is 4.05. The minimum absolute atomic E-state index is 0.0373. The van der Waals surface area contributed by atoms with Crippen LogP contribution in [0.2, 0.25) is 0 Å². The normalized spacial score (nSPS) is 25.6. The van der Waals surface area contributed by atoms with Crippen molar-refractivity contribution in [3.8, 4) is 0 Å². The number of ketones is 1. The predicted octanol–water partition coefficient (Wildman–Crippen LogP) is 3.69. The molecule has 2 aliphatic rings. The molecule has 2 heterocycles. The number of hydrogen-bond acceptors (Lipinski definition) is 7. The molecule has 2 fully saturated rings. The molecule has 9 heteroatoms. The molecular weight excluding hydrogens is 425 g/mol. The third-order valence-corrected chi connectivity index (χ3v) is 9.45. The Labute approximate surface area is 183 Å². The molecule has 1 saturated carbocycles. The topological polar surface area (TPSA) is 95.7 Å².